The summed E-state index contributed by atoms with van der Waals surface area (Å²) in [5.41, 5.74) is 1.22. The van der Waals surface area contributed by atoms with Crippen LogP contribution in [0.3, 0.4) is 0 Å². The summed E-state index contributed by atoms with van der Waals surface area (Å²) in [5, 5.41) is 15.0. The molecule has 4 rings (SSSR count). The number of carbonyl (C=O) groups excluding carboxylic acids is 1. The Labute approximate surface area is 167 Å². The average Bonchev–Trinajstić information content (AvgIpc) is 3.23. The lowest BCUT2D eigenvalue weighted by Crippen LogP contribution is -2.35. The van der Waals surface area contributed by atoms with Gasteiger partial charge in [0.25, 0.3) is 5.91 Å². The molecule has 2 aliphatic heterocycles. The first-order chi connectivity index (χ1) is 13.0. The number of nitrogens with zero attached hydrogens (tertiary/aromatic N) is 3. The smallest absolute Gasteiger partial charge is 0.283 e. The van der Waals surface area contributed by atoms with Gasteiger partial charge in [-0.15, -0.1) is 0 Å². The van der Waals surface area contributed by atoms with Gasteiger partial charge in [0, 0.05) is 0 Å². The van der Waals surface area contributed by atoms with Gasteiger partial charge in [0.2, 0.25) is 5.17 Å². The second-order valence-electron chi connectivity index (χ2n) is 5.76. The van der Waals surface area contributed by atoms with Crippen molar-refractivity contribution in [3.8, 4) is 5.75 Å². The lowest BCUT2D eigenvalue weighted by molar-refractivity contribution is -0.114. The minimum atomic E-state index is -0.498. The van der Waals surface area contributed by atoms with E-state index in [0.717, 1.165) is 11.3 Å². The molecule has 3 heterocycles. The van der Waals surface area contributed by atoms with Crippen molar-refractivity contribution in [1.29, 1.82) is 5.41 Å². The topological polar surface area (TPSA) is 91.2 Å². The molecule has 0 aliphatic carbocycles. The molecule has 0 radical (unpaired) electrons. The van der Waals surface area contributed by atoms with E-state index >= 15 is 0 Å². The normalized spacial score (nSPS) is 17.9. The minimum absolute atomic E-state index is 0.0458. The molecule has 1 amide bonds. The number of amides is 1. The first-order valence-corrected chi connectivity index (χ1v) is 9.54. The Kier molecular flexibility index (Phi) is 4.71. The van der Waals surface area contributed by atoms with Crippen LogP contribution in [0.5, 0.6) is 5.75 Å². The Morgan fingerprint density at radius 1 is 1.37 bits per heavy atom. The number of rotatable bonds is 4. The predicted molar refractivity (Wildman–Crippen MR) is 108 cm³/mol. The molecule has 27 heavy (non-hydrogen) atoms. The molecule has 0 saturated carbocycles. The van der Waals surface area contributed by atoms with Crippen LogP contribution >= 0.6 is 27.7 Å². The van der Waals surface area contributed by atoms with Gasteiger partial charge < -0.3 is 9.15 Å². The van der Waals surface area contributed by atoms with Crippen LogP contribution in [-0.4, -0.2) is 33.6 Å². The van der Waals surface area contributed by atoms with E-state index in [4.69, 9.17) is 14.6 Å². The molecule has 136 valence electrons. The number of benzene rings is 1. The fourth-order valence-electron chi connectivity index (χ4n) is 2.49. The highest BCUT2D eigenvalue weighted by molar-refractivity contribution is 9.10. The van der Waals surface area contributed by atoms with E-state index in [1.54, 1.807) is 12.1 Å². The number of furan rings is 1. The van der Waals surface area contributed by atoms with Crippen molar-refractivity contribution in [2.45, 2.75) is 6.92 Å². The molecule has 0 saturated heterocycles. The van der Waals surface area contributed by atoms with Crippen molar-refractivity contribution in [2.75, 3.05) is 6.61 Å². The Bertz CT molecular complexity index is 1040. The number of halogens is 1. The van der Waals surface area contributed by atoms with Crippen LogP contribution in [0.15, 0.2) is 61.2 Å². The lowest BCUT2D eigenvalue weighted by atomic mass is 10.1. The monoisotopic (exact) mass is 444 g/mol. The number of hydrogen-bond acceptors (Lipinski definition) is 6. The third-order valence-electron chi connectivity index (χ3n) is 3.73. The van der Waals surface area contributed by atoms with E-state index in [0.29, 0.717) is 20.6 Å². The molecule has 0 spiro atoms. The molecule has 0 fully saturated rings. The van der Waals surface area contributed by atoms with Crippen LogP contribution in [-0.2, 0) is 4.79 Å². The van der Waals surface area contributed by atoms with E-state index in [9.17, 15) is 4.79 Å². The number of hydrogen-bond donors (Lipinski definition) is 1. The number of amidine groups is 2. The second kappa shape index (κ2) is 7.16. The first-order valence-electron chi connectivity index (χ1n) is 7.93. The molecule has 0 unspecified atom stereocenters. The van der Waals surface area contributed by atoms with Crippen LogP contribution in [0.1, 0.15) is 11.3 Å². The van der Waals surface area contributed by atoms with Crippen molar-refractivity contribution in [1.82, 2.24) is 5.01 Å². The van der Waals surface area contributed by atoms with Gasteiger partial charge >= 0.3 is 0 Å². The van der Waals surface area contributed by atoms with Gasteiger partial charge in [-0.2, -0.15) is 15.1 Å². The number of hydrazone groups is 1. The predicted octanol–water partition coefficient (Wildman–Crippen LogP) is 4.05. The van der Waals surface area contributed by atoms with Crippen molar-refractivity contribution < 1.29 is 13.9 Å². The van der Waals surface area contributed by atoms with Crippen LogP contribution in [0.25, 0.3) is 6.08 Å². The van der Waals surface area contributed by atoms with Crippen molar-refractivity contribution in [3.05, 3.63) is 58.0 Å². The van der Waals surface area contributed by atoms with Gasteiger partial charge in [-0.25, -0.2) is 0 Å². The van der Waals surface area contributed by atoms with Crippen molar-refractivity contribution >= 4 is 55.7 Å². The molecule has 9 heteroatoms. The highest BCUT2D eigenvalue weighted by Crippen LogP contribution is 2.29. The molecule has 2 aliphatic rings. The third kappa shape index (κ3) is 3.74. The molecule has 0 atom stereocenters. The fraction of sp³-hybridized carbons (Fsp3) is 0.111. The molecule has 1 N–H and O–H groups in total. The average molecular weight is 445 g/mol. The Balaban J connectivity index is 1.52. The second-order valence-corrected chi connectivity index (χ2v) is 7.58. The number of fused-ring (bicyclic) bond motifs is 1. The zero-order valence-electron chi connectivity index (χ0n) is 14.1. The Hall–Kier alpha value is -2.65. The van der Waals surface area contributed by atoms with Crippen molar-refractivity contribution in [3.63, 3.8) is 0 Å². The SMILES string of the molecule is Cc1cccc(OCC2=NN3C(=N)/C(=C/c4ccc(Br)o4)C(=O)N=C3S2)c1. The summed E-state index contributed by atoms with van der Waals surface area (Å²) in [7, 11) is 0. The summed E-state index contributed by atoms with van der Waals surface area (Å²) < 4.78 is 11.7. The maximum atomic E-state index is 12.3. The molecular weight excluding hydrogens is 432 g/mol. The highest BCUT2D eigenvalue weighted by atomic mass is 79.9. The summed E-state index contributed by atoms with van der Waals surface area (Å²) in [6.45, 7) is 2.22. The van der Waals surface area contributed by atoms with E-state index < -0.39 is 5.91 Å². The molecular formula is C18H13BrN4O3S. The van der Waals surface area contributed by atoms with E-state index in [1.807, 2.05) is 31.2 Å². The van der Waals surface area contributed by atoms with Gasteiger partial charge in [0.1, 0.15) is 23.2 Å². The highest BCUT2D eigenvalue weighted by Gasteiger charge is 2.35. The fourth-order valence-corrected chi connectivity index (χ4v) is 3.61. The number of nitrogens with one attached hydrogen (secondary N) is 1. The molecule has 7 nitrogen and oxygen atoms in total. The number of carbonyl (C=O) groups is 1. The molecule has 1 aromatic heterocycles. The number of aryl methyl sites for hydroxylation is 1. The summed E-state index contributed by atoms with van der Waals surface area (Å²) in [4.78, 5) is 16.3. The molecule has 2 aromatic rings. The molecule has 1 aromatic carbocycles. The standard InChI is InChI=1S/C18H13BrN4O3S/c1-10-3-2-4-11(7-10)25-9-15-22-23-16(20)13(17(24)21-18(23)27-15)8-12-5-6-14(19)26-12/h2-8,20H,9H2,1H3/b13-8-,20-16?. The number of ether oxygens (including phenoxy) is 1. The third-order valence-corrected chi connectivity index (χ3v) is 5.04. The van der Waals surface area contributed by atoms with Crippen LogP contribution in [0.4, 0.5) is 0 Å². The van der Waals surface area contributed by atoms with Crippen LogP contribution in [0, 0.1) is 12.3 Å². The Morgan fingerprint density at radius 2 is 2.22 bits per heavy atom. The first kappa shape index (κ1) is 17.7. The zero-order valence-corrected chi connectivity index (χ0v) is 16.5. The van der Waals surface area contributed by atoms with E-state index in [2.05, 4.69) is 26.0 Å². The van der Waals surface area contributed by atoms with E-state index in [1.165, 1.54) is 22.8 Å². The molecule has 0 bridgehead atoms. The number of thioether (sulfide) groups is 1. The van der Waals surface area contributed by atoms with Gasteiger partial charge in [0.05, 0.1) is 5.57 Å². The summed E-state index contributed by atoms with van der Waals surface area (Å²) >= 11 is 4.43. The summed E-state index contributed by atoms with van der Waals surface area (Å²) in [6, 6.07) is 11.1. The van der Waals surface area contributed by atoms with Crippen LogP contribution < -0.4 is 4.74 Å². The summed E-state index contributed by atoms with van der Waals surface area (Å²) in [6.07, 6.45) is 1.48. The van der Waals surface area contributed by atoms with Gasteiger partial charge in [-0.3, -0.25) is 10.2 Å². The number of aliphatic imine (C=N–C) groups is 1. The largest absolute Gasteiger partial charge is 0.487 e. The van der Waals surface area contributed by atoms with Crippen molar-refractivity contribution in [2.24, 2.45) is 10.1 Å². The lowest BCUT2D eigenvalue weighted by Gasteiger charge is -2.19. The van der Waals surface area contributed by atoms with Crippen LogP contribution in [0.2, 0.25) is 0 Å². The quantitative estimate of drug-likeness (QED) is 0.718. The van der Waals surface area contributed by atoms with Gasteiger partial charge in [-0.1, -0.05) is 12.1 Å². The Morgan fingerprint density at radius 3 is 2.96 bits per heavy atom. The zero-order chi connectivity index (χ0) is 19.0. The summed E-state index contributed by atoms with van der Waals surface area (Å²) in [5.74, 6) is 0.644. The van der Waals surface area contributed by atoms with E-state index in [-0.39, 0.29) is 18.0 Å². The maximum absolute atomic E-state index is 12.3. The van der Waals surface area contributed by atoms with Gasteiger partial charge in [-0.05, 0) is 70.5 Å². The van der Waals surface area contributed by atoms with Gasteiger partial charge in [0.15, 0.2) is 10.5 Å². The minimum Gasteiger partial charge on any atom is -0.487 e. The maximum Gasteiger partial charge on any atom is 0.283 e.